The van der Waals surface area contributed by atoms with E-state index in [0.717, 1.165) is 27.7 Å². The van der Waals surface area contributed by atoms with E-state index >= 15 is 0 Å². The highest BCUT2D eigenvalue weighted by Crippen LogP contribution is 2.35. The monoisotopic (exact) mass is 506 g/mol. The van der Waals surface area contributed by atoms with E-state index in [4.69, 9.17) is 9.73 Å². The molecule has 0 aliphatic carbocycles. The summed E-state index contributed by atoms with van der Waals surface area (Å²) in [6.45, 7) is 7.41. The molecular formula is C32H30N2O2S. The number of rotatable bonds is 7. The third-order valence-electron chi connectivity index (χ3n) is 6.15. The summed E-state index contributed by atoms with van der Waals surface area (Å²) in [6.07, 6.45) is 1.94. The van der Waals surface area contributed by atoms with Crippen molar-refractivity contribution < 1.29 is 9.53 Å². The number of fused-ring (bicyclic) bond motifs is 1. The van der Waals surface area contributed by atoms with Gasteiger partial charge in [0.25, 0.3) is 5.91 Å². The molecule has 0 unspecified atom stereocenters. The minimum absolute atomic E-state index is 0.000781. The lowest BCUT2D eigenvalue weighted by Crippen LogP contribution is -2.32. The molecule has 0 spiro atoms. The Morgan fingerprint density at radius 1 is 0.919 bits per heavy atom. The number of nitrogens with zero attached hydrogens (tertiary/aromatic N) is 2. The van der Waals surface area contributed by atoms with Crippen molar-refractivity contribution in [3.8, 4) is 5.75 Å². The molecule has 1 saturated heterocycles. The fourth-order valence-corrected chi connectivity index (χ4v) is 5.25. The Balaban J connectivity index is 1.32. The number of hydrogen-bond donors (Lipinski definition) is 0. The minimum Gasteiger partial charge on any atom is -0.489 e. The van der Waals surface area contributed by atoms with Crippen LogP contribution in [0.3, 0.4) is 0 Å². The molecule has 1 amide bonds. The quantitative estimate of drug-likeness (QED) is 0.239. The first-order chi connectivity index (χ1) is 18.0. The fourth-order valence-electron chi connectivity index (χ4n) is 4.24. The molecule has 0 saturated carbocycles. The molecule has 1 fully saturated rings. The van der Waals surface area contributed by atoms with Crippen molar-refractivity contribution in [1.82, 2.24) is 4.90 Å². The van der Waals surface area contributed by atoms with Crippen LogP contribution in [0.5, 0.6) is 5.75 Å². The maximum atomic E-state index is 13.3. The molecule has 186 valence electrons. The third kappa shape index (κ3) is 5.95. The van der Waals surface area contributed by atoms with Crippen molar-refractivity contribution in [1.29, 1.82) is 0 Å². The lowest BCUT2D eigenvalue weighted by Gasteiger charge is -2.17. The van der Waals surface area contributed by atoms with Crippen LogP contribution in [0.1, 0.15) is 30.5 Å². The van der Waals surface area contributed by atoms with Gasteiger partial charge in [-0.25, -0.2) is 4.99 Å². The molecule has 0 N–H and O–H groups in total. The topological polar surface area (TPSA) is 41.9 Å². The normalized spacial score (nSPS) is 15.9. The summed E-state index contributed by atoms with van der Waals surface area (Å²) in [5.74, 6) is 1.13. The van der Waals surface area contributed by atoms with Crippen molar-refractivity contribution >= 4 is 45.4 Å². The smallest absolute Gasteiger partial charge is 0.266 e. The molecule has 1 heterocycles. The van der Waals surface area contributed by atoms with Gasteiger partial charge in [-0.15, -0.1) is 0 Å². The fraction of sp³-hybridized carbons (Fsp3) is 0.188. The van der Waals surface area contributed by atoms with E-state index in [1.54, 1.807) is 4.90 Å². The van der Waals surface area contributed by atoms with E-state index in [2.05, 4.69) is 57.2 Å². The molecule has 4 aromatic carbocycles. The molecule has 37 heavy (non-hydrogen) atoms. The minimum atomic E-state index is 0.000781. The molecule has 1 aliphatic rings. The van der Waals surface area contributed by atoms with Crippen LogP contribution < -0.4 is 4.74 Å². The predicted octanol–water partition coefficient (Wildman–Crippen LogP) is 7.99. The molecule has 5 rings (SSSR count). The molecule has 0 radical (unpaired) electrons. The molecule has 0 atom stereocenters. The van der Waals surface area contributed by atoms with E-state index in [1.807, 2.05) is 60.7 Å². The lowest BCUT2D eigenvalue weighted by molar-refractivity contribution is -0.122. The number of hydrogen-bond acceptors (Lipinski definition) is 4. The van der Waals surface area contributed by atoms with Gasteiger partial charge in [0, 0.05) is 6.54 Å². The number of aryl methyl sites for hydroxylation is 1. The van der Waals surface area contributed by atoms with E-state index < -0.39 is 0 Å². The summed E-state index contributed by atoms with van der Waals surface area (Å²) in [5, 5.41) is 3.14. The van der Waals surface area contributed by atoms with Crippen LogP contribution in [0.15, 0.2) is 101 Å². The Morgan fingerprint density at radius 2 is 1.65 bits per heavy atom. The van der Waals surface area contributed by atoms with Crippen LogP contribution in [0, 0.1) is 12.8 Å². The molecule has 4 nitrogen and oxygen atoms in total. The molecule has 5 heteroatoms. The summed E-state index contributed by atoms with van der Waals surface area (Å²) in [7, 11) is 0. The highest BCUT2D eigenvalue weighted by Gasteiger charge is 2.33. The van der Waals surface area contributed by atoms with Gasteiger partial charge in [0.05, 0.1) is 10.6 Å². The Bertz CT molecular complexity index is 1470. The number of ether oxygens (including phenoxy) is 1. The van der Waals surface area contributed by atoms with Gasteiger partial charge in [0.15, 0.2) is 5.17 Å². The molecule has 1 aliphatic heterocycles. The van der Waals surface area contributed by atoms with Gasteiger partial charge in [0.1, 0.15) is 12.4 Å². The molecule has 0 aromatic heterocycles. The highest BCUT2D eigenvalue weighted by atomic mass is 32.2. The van der Waals surface area contributed by atoms with Crippen molar-refractivity contribution in [2.45, 2.75) is 27.4 Å². The van der Waals surface area contributed by atoms with E-state index in [1.165, 1.54) is 28.1 Å². The Morgan fingerprint density at radius 3 is 2.41 bits per heavy atom. The standard InChI is InChI=1S/C32H30N2O2S/c1-22(2)20-34-31(35)30(37-32(34)33-27-15-11-23(3)12-16-27)19-24-13-17-28(18-14-24)36-21-26-9-6-8-25-7-4-5-10-29(25)26/h4-19,22H,20-21H2,1-3H3/b30-19+,33-32?. The second kappa shape index (κ2) is 11.1. The Labute approximate surface area is 222 Å². The van der Waals surface area contributed by atoms with Crippen molar-refractivity contribution in [3.05, 3.63) is 113 Å². The predicted molar refractivity (Wildman–Crippen MR) is 155 cm³/mol. The zero-order valence-electron chi connectivity index (χ0n) is 21.3. The average Bonchev–Trinajstić information content (AvgIpc) is 3.18. The SMILES string of the molecule is Cc1ccc(N=C2S/C(=C/c3ccc(OCc4cccc5ccccc45)cc3)C(=O)N2CC(C)C)cc1. The van der Waals surface area contributed by atoms with Gasteiger partial charge < -0.3 is 4.74 Å². The van der Waals surface area contributed by atoms with Crippen molar-refractivity contribution in [2.24, 2.45) is 10.9 Å². The average molecular weight is 507 g/mol. The van der Waals surface area contributed by atoms with Gasteiger partial charge in [-0.05, 0) is 76.8 Å². The first-order valence-corrected chi connectivity index (χ1v) is 13.3. The van der Waals surface area contributed by atoms with Crippen molar-refractivity contribution in [3.63, 3.8) is 0 Å². The maximum Gasteiger partial charge on any atom is 0.266 e. The van der Waals surface area contributed by atoms with Crippen LogP contribution in [0.4, 0.5) is 5.69 Å². The largest absolute Gasteiger partial charge is 0.489 e. The van der Waals surface area contributed by atoms with Crippen LogP contribution in [-0.4, -0.2) is 22.5 Å². The number of benzene rings is 4. The number of thioether (sulfide) groups is 1. The zero-order valence-corrected chi connectivity index (χ0v) is 22.2. The summed E-state index contributed by atoms with van der Waals surface area (Å²) in [5.41, 5.74) is 4.14. The first-order valence-electron chi connectivity index (χ1n) is 12.5. The second-order valence-electron chi connectivity index (χ2n) is 9.65. The summed E-state index contributed by atoms with van der Waals surface area (Å²) in [6, 6.07) is 30.5. The first kappa shape index (κ1) is 24.8. The molecule has 0 bridgehead atoms. The molecule has 4 aromatic rings. The van der Waals surface area contributed by atoms with Gasteiger partial charge >= 0.3 is 0 Å². The van der Waals surface area contributed by atoms with Crippen LogP contribution >= 0.6 is 11.8 Å². The Hall–Kier alpha value is -3.83. The van der Waals surface area contributed by atoms with Crippen LogP contribution in [0.25, 0.3) is 16.8 Å². The number of amides is 1. The lowest BCUT2D eigenvalue weighted by atomic mass is 10.1. The van der Waals surface area contributed by atoms with Crippen LogP contribution in [-0.2, 0) is 11.4 Å². The van der Waals surface area contributed by atoms with Crippen LogP contribution in [0.2, 0.25) is 0 Å². The van der Waals surface area contributed by atoms with Gasteiger partial charge in [-0.3, -0.25) is 9.69 Å². The third-order valence-corrected chi connectivity index (χ3v) is 7.15. The van der Waals surface area contributed by atoms with E-state index in [9.17, 15) is 4.79 Å². The van der Waals surface area contributed by atoms with E-state index in [0.29, 0.717) is 24.0 Å². The number of amidine groups is 1. The summed E-state index contributed by atoms with van der Waals surface area (Å²) >= 11 is 1.43. The number of carbonyl (C=O) groups excluding carboxylic acids is 1. The zero-order chi connectivity index (χ0) is 25.8. The van der Waals surface area contributed by atoms with Gasteiger partial charge in [0.2, 0.25) is 0 Å². The van der Waals surface area contributed by atoms with Gasteiger partial charge in [-0.1, -0.05) is 86.1 Å². The summed E-state index contributed by atoms with van der Waals surface area (Å²) in [4.78, 5) is 20.5. The summed E-state index contributed by atoms with van der Waals surface area (Å²) < 4.78 is 6.08. The van der Waals surface area contributed by atoms with Crippen molar-refractivity contribution in [2.75, 3.05) is 6.54 Å². The Kier molecular flexibility index (Phi) is 7.42. The second-order valence-corrected chi connectivity index (χ2v) is 10.7. The number of aliphatic imine (C=N–C) groups is 1. The van der Waals surface area contributed by atoms with Gasteiger partial charge in [-0.2, -0.15) is 0 Å². The highest BCUT2D eigenvalue weighted by molar-refractivity contribution is 8.18. The van der Waals surface area contributed by atoms with E-state index in [-0.39, 0.29) is 5.91 Å². The maximum absolute atomic E-state index is 13.3. The number of carbonyl (C=O) groups is 1. The molecular weight excluding hydrogens is 476 g/mol.